The summed E-state index contributed by atoms with van der Waals surface area (Å²) in [4.78, 5) is 14.1. The second kappa shape index (κ2) is 5.36. The van der Waals surface area contributed by atoms with E-state index in [1.54, 1.807) is 6.26 Å². The maximum atomic E-state index is 12.2. The van der Waals surface area contributed by atoms with Crippen LogP contribution in [0.3, 0.4) is 0 Å². The smallest absolute Gasteiger partial charge is 0.240 e. The molecule has 0 saturated heterocycles. The van der Waals surface area contributed by atoms with Gasteiger partial charge in [0.25, 0.3) is 0 Å². The summed E-state index contributed by atoms with van der Waals surface area (Å²) in [7, 11) is 0. The Kier molecular flexibility index (Phi) is 3.84. The molecule has 0 spiro atoms. The molecule has 0 aliphatic heterocycles. The van der Waals surface area contributed by atoms with Gasteiger partial charge in [-0.3, -0.25) is 4.79 Å². The van der Waals surface area contributed by atoms with E-state index in [1.807, 2.05) is 24.0 Å². The van der Waals surface area contributed by atoms with Crippen LogP contribution in [0.5, 0.6) is 0 Å². The molecule has 0 bridgehead atoms. The van der Waals surface area contributed by atoms with Crippen LogP contribution in [-0.2, 0) is 11.3 Å². The first-order valence-electron chi connectivity index (χ1n) is 6.30. The fraction of sp³-hybridized carbons (Fsp3) is 0.615. The summed E-state index contributed by atoms with van der Waals surface area (Å²) in [5.41, 5.74) is 5.90. The zero-order valence-corrected chi connectivity index (χ0v) is 10.3. The molecule has 2 rings (SSSR count). The Morgan fingerprint density at radius 2 is 2.41 bits per heavy atom. The van der Waals surface area contributed by atoms with E-state index >= 15 is 0 Å². The lowest BCUT2D eigenvalue weighted by Gasteiger charge is -2.24. The lowest BCUT2D eigenvalue weighted by molar-refractivity contribution is -0.134. The number of carbonyl (C=O) groups is 1. The summed E-state index contributed by atoms with van der Waals surface area (Å²) in [5.74, 6) is 0.889. The molecular weight excluding hydrogens is 216 g/mol. The third-order valence-electron chi connectivity index (χ3n) is 3.09. The summed E-state index contributed by atoms with van der Waals surface area (Å²) >= 11 is 0. The Bertz CT molecular complexity index is 358. The van der Waals surface area contributed by atoms with Crippen LogP contribution in [0.15, 0.2) is 22.8 Å². The van der Waals surface area contributed by atoms with E-state index in [1.165, 1.54) is 0 Å². The van der Waals surface area contributed by atoms with Gasteiger partial charge in [-0.1, -0.05) is 13.3 Å². The standard InChI is InChI=1S/C13H20N2O2/c1-2-4-12(14)13(16)15(10-6-7-10)9-11-5-3-8-17-11/h3,5,8,10,12H,2,4,6-7,9,14H2,1H3. The quantitative estimate of drug-likeness (QED) is 0.820. The van der Waals surface area contributed by atoms with E-state index in [0.717, 1.165) is 31.4 Å². The summed E-state index contributed by atoms with van der Waals surface area (Å²) < 4.78 is 5.30. The number of hydrogen-bond acceptors (Lipinski definition) is 3. The minimum atomic E-state index is -0.365. The molecule has 4 heteroatoms. The van der Waals surface area contributed by atoms with Crippen molar-refractivity contribution < 1.29 is 9.21 Å². The number of rotatable bonds is 6. The number of nitrogens with two attached hydrogens (primary N) is 1. The van der Waals surface area contributed by atoms with Gasteiger partial charge in [-0.15, -0.1) is 0 Å². The molecule has 17 heavy (non-hydrogen) atoms. The van der Waals surface area contributed by atoms with Crippen LogP contribution < -0.4 is 5.73 Å². The van der Waals surface area contributed by atoms with Gasteiger partial charge >= 0.3 is 0 Å². The van der Waals surface area contributed by atoms with E-state index in [2.05, 4.69) is 0 Å². The van der Waals surface area contributed by atoms with Gasteiger partial charge in [0, 0.05) is 6.04 Å². The highest BCUT2D eigenvalue weighted by Crippen LogP contribution is 2.29. The predicted molar refractivity (Wildman–Crippen MR) is 65.2 cm³/mol. The largest absolute Gasteiger partial charge is 0.467 e. The van der Waals surface area contributed by atoms with Gasteiger partial charge in [0.1, 0.15) is 5.76 Å². The Hall–Kier alpha value is -1.29. The van der Waals surface area contributed by atoms with Crippen molar-refractivity contribution in [3.05, 3.63) is 24.2 Å². The molecule has 2 N–H and O–H groups in total. The monoisotopic (exact) mass is 236 g/mol. The number of carbonyl (C=O) groups excluding carboxylic acids is 1. The van der Waals surface area contributed by atoms with Crippen LogP contribution in [0.4, 0.5) is 0 Å². The Morgan fingerprint density at radius 1 is 1.65 bits per heavy atom. The average molecular weight is 236 g/mol. The lowest BCUT2D eigenvalue weighted by atomic mass is 10.1. The van der Waals surface area contributed by atoms with Crippen LogP contribution >= 0.6 is 0 Å². The molecule has 1 aliphatic carbocycles. The van der Waals surface area contributed by atoms with E-state index in [-0.39, 0.29) is 11.9 Å². The molecule has 1 aromatic rings. The zero-order chi connectivity index (χ0) is 12.3. The van der Waals surface area contributed by atoms with Gasteiger partial charge < -0.3 is 15.1 Å². The third kappa shape index (κ3) is 3.09. The summed E-state index contributed by atoms with van der Waals surface area (Å²) in [6.45, 7) is 2.59. The van der Waals surface area contributed by atoms with Crippen molar-refractivity contribution in [2.24, 2.45) is 5.73 Å². The molecule has 1 amide bonds. The molecule has 94 valence electrons. The second-order valence-electron chi connectivity index (χ2n) is 4.67. The van der Waals surface area contributed by atoms with Gasteiger partial charge in [0.05, 0.1) is 18.8 Å². The van der Waals surface area contributed by atoms with Crippen molar-refractivity contribution in [1.82, 2.24) is 4.90 Å². The molecule has 1 heterocycles. The summed E-state index contributed by atoms with van der Waals surface area (Å²) in [6, 6.07) is 3.75. The van der Waals surface area contributed by atoms with Crippen molar-refractivity contribution in [3.63, 3.8) is 0 Å². The van der Waals surface area contributed by atoms with Crippen molar-refractivity contribution >= 4 is 5.91 Å². The molecule has 1 atom stereocenters. The SMILES string of the molecule is CCCC(N)C(=O)N(Cc1ccco1)C1CC1. The van der Waals surface area contributed by atoms with Crippen LogP contribution in [0.25, 0.3) is 0 Å². The molecule has 1 aliphatic rings. The molecule has 4 nitrogen and oxygen atoms in total. The minimum absolute atomic E-state index is 0.0609. The highest BCUT2D eigenvalue weighted by molar-refractivity contribution is 5.82. The molecular formula is C13H20N2O2. The number of amides is 1. The fourth-order valence-corrected chi connectivity index (χ4v) is 1.99. The first kappa shape index (κ1) is 12.2. The average Bonchev–Trinajstić information content (AvgIpc) is 3.03. The summed E-state index contributed by atoms with van der Waals surface area (Å²) in [6.07, 6.45) is 5.50. The third-order valence-corrected chi connectivity index (χ3v) is 3.09. The first-order chi connectivity index (χ1) is 8.22. The van der Waals surface area contributed by atoms with Crippen LogP contribution in [-0.4, -0.2) is 22.9 Å². The Labute approximate surface area is 102 Å². The van der Waals surface area contributed by atoms with Crippen LogP contribution in [0.1, 0.15) is 38.4 Å². The minimum Gasteiger partial charge on any atom is -0.467 e. The van der Waals surface area contributed by atoms with E-state index in [0.29, 0.717) is 12.6 Å². The predicted octanol–water partition coefficient (Wildman–Crippen LogP) is 1.90. The maximum Gasteiger partial charge on any atom is 0.240 e. The van der Waals surface area contributed by atoms with Gasteiger partial charge in [-0.2, -0.15) is 0 Å². The Balaban J connectivity index is 1.99. The first-order valence-corrected chi connectivity index (χ1v) is 6.30. The van der Waals surface area contributed by atoms with Gasteiger partial charge in [0.2, 0.25) is 5.91 Å². The normalized spacial score (nSPS) is 16.8. The van der Waals surface area contributed by atoms with E-state index in [9.17, 15) is 4.79 Å². The number of furan rings is 1. The van der Waals surface area contributed by atoms with Crippen LogP contribution in [0, 0.1) is 0 Å². The molecule has 1 unspecified atom stereocenters. The molecule has 1 fully saturated rings. The molecule has 0 aromatic carbocycles. The molecule has 1 saturated carbocycles. The van der Waals surface area contributed by atoms with Crippen LogP contribution in [0.2, 0.25) is 0 Å². The van der Waals surface area contributed by atoms with Gasteiger partial charge in [0.15, 0.2) is 0 Å². The topological polar surface area (TPSA) is 59.5 Å². The maximum absolute atomic E-state index is 12.2. The Morgan fingerprint density at radius 3 is 2.94 bits per heavy atom. The summed E-state index contributed by atoms with van der Waals surface area (Å²) in [5, 5.41) is 0. The van der Waals surface area contributed by atoms with Crippen molar-refractivity contribution in [2.45, 2.75) is 51.2 Å². The van der Waals surface area contributed by atoms with E-state index < -0.39 is 0 Å². The van der Waals surface area contributed by atoms with Gasteiger partial charge in [-0.25, -0.2) is 0 Å². The highest BCUT2D eigenvalue weighted by Gasteiger charge is 2.34. The fourth-order valence-electron chi connectivity index (χ4n) is 1.99. The molecule has 0 radical (unpaired) electrons. The van der Waals surface area contributed by atoms with Crippen molar-refractivity contribution in [3.8, 4) is 0 Å². The van der Waals surface area contributed by atoms with E-state index in [4.69, 9.17) is 10.2 Å². The lowest BCUT2D eigenvalue weighted by Crippen LogP contribution is -2.44. The second-order valence-corrected chi connectivity index (χ2v) is 4.67. The van der Waals surface area contributed by atoms with Crippen molar-refractivity contribution in [1.29, 1.82) is 0 Å². The molecule has 1 aromatic heterocycles. The number of nitrogens with zero attached hydrogens (tertiary/aromatic N) is 1. The van der Waals surface area contributed by atoms with Gasteiger partial charge in [-0.05, 0) is 31.4 Å². The zero-order valence-electron chi connectivity index (χ0n) is 10.3. The number of hydrogen-bond donors (Lipinski definition) is 1. The van der Waals surface area contributed by atoms with Crippen molar-refractivity contribution in [2.75, 3.05) is 0 Å². The highest BCUT2D eigenvalue weighted by atomic mass is 16.3.